The molecule has 0 atom stereocenters. The molecule has 0 bridgehead atoms. The lowest BCUT2D eigenvalue weighted by molar-refractivity contribution is 0.103. The van der Waals surface area contributed by atoms with E-state index in [0.717, 1.165) is 5.39 Å². The molecule has 2 heterocycles. The summed E-state index contributed by atoms with van der Waals surface area (Å²) in [5, 5.41) is 0.737. The minimum Gasteiger partial charge on any atom is -0.304 e. The Balaban J connectivity index is 1.84. The van der Waals surface area contributed by atoms with E-state index in [4.69, 9.17) is 0 Å². The first kappa shape index (κ1) is 13.4. The number of aromatic nitrogens is 3. The van der Waals surface area contributed by atoms with Crippen molar-refractivity contribution < 1.29 is 9.18 Å². The topological polar surface area (TPSA) is 78.6 Å². The Kier molecular flexibility index (Phi) is 2.84. The van der Waals surface area contributed by atoms with Gasteiger partial charge in [0.1, 0.15) is 5.82 Å². The predicted molar refractivity (Wildman–Crippen MR) is 84.1 cm³/mol. The van der Waals surface area contributed by atoms with Gasteiger partial charge in [-0.1, -0.05) is 0 Å². The van der Waals surface area contributed by atoms with Crippen LogP contribution in [0.25, 0.3) is 22.1 Å². The number of imidazole rings is 1. The molecule has 0 spiro atoms. The van der Waals surface area contributed by atoms with Gasteiger partial charge in [-0.2, -0.15) is 0 Å². The van der Waals surface area contributed by atoms with Crippen LogP contribution in [-0.2, 0) is 0 Å². The SMILES string of the molecule is O=C(c1ccc(F)cc1)c1ccc2nc3[nH]c(=O)[nH]c3cc2c1. The summed E-state index contributed by atoms with van der Waals surface area (Å²) in [6.07, 6.45) is 0. The third kappa shape index (κ3) is 2.30. The summed E-state index contributed by atoms with van der Waals surface area (Å²) in [7, 11) is 0. The van der Waals surface area contributed by atoms with Crippen LogP contribution in [0.4, 0.5) is 4.39 Å². The van der Waals surface area contributed by atoms with Crippen LogP contribution in [0.5, 0.6) is 0 Å². The van der Waals surface area contributed by atoms with E-state index in [1.807, 2.05) is 0 Å². The van der Waals surface area contributed by atoms with Gasteiger partial charge in [-0.05, 0) is 48.5 Å². The summed E-state index contributed by atoms with van der Waals surface area (Å²) in [5.41, 5.74) is 2.28. The van der Waals surface area contributed by atoms with Crippen LogP contribution in [0.15, 0.2) is 53.3 Å². The number of aromatic amines is 2. The minimum absolute atomic E-state index is 0.199. The number of nitrogens with one attached hydrogen (secondary N) is 2. The number of fused-ring (bicyclic) bond motifs is 2. The van der Waals surface area contributed by atoms with Crippen molar-refractivity contribution in [1.29, 1.82) is 0 Å². The zero-order valence-electron chi connectivity index (χ0n) is 11.8. The first-order valence-corrected chi connectivity index (χ1v) is 6.93. The van der Waals surface area contributed by atoms with Gasteiger partial charge in [0.2, 0.25) is 0 Å². The number of hydrogen-bond acceptors (Lipinski definition) is 3. The Hall–Kier alpha value is -3.28. The second kappa shape index (κ2) is 4.88. The molecule has 0 unspecified atom stereocenters. The number of hydrogen-bond donors (Lipinski definition) is 2. The summed E-state index contributed by atoms with van der Waals surface area (Å²) in [5.74, 6) is -0.586. The van der Waals surface area contributed by atoms with Gasteiger partial charge < -0.3 is 4.98 Å². The predicted octanol–water partition coefficient (Wildman–Crippen LogP) is 2.77. The van der Waals surface area contributed by atoms with Crippen LogP contribution in [0.1, 0.15) is 15.9 Å². The molecule has 4 aromatic rings. The largest absolute Gasteiger partial charge is 0.325 e. The Bertz CT molecular complexity index is 1110. The molecular weight excluding hydrogens is 297 g/mol. The Morgan fingerprint density at radius 2 is 1.70 bits per heavy atom. The third-order valence-electron chi connectivity index (χ3n) is 3.66. The van der Waals surface area contributed by atoms with Crippen LogP contribution in [0.3, 0.4) is 0 Å². The third-order valence-corrected chi connectivity index (χ3v) is 3.66. The smallest absolute Gasteiger partial charge is 0.304 e. The summed E-state index contributed by atoms with van der Waals surface area (Å²) >= 11 is 0. The summed E-state index contributed by atoms with van der Waals surface area (Å²) < 4.78 is 13.0. The molecule has 2 N–H and O–H groups in total. The molecule has 2 aromatic carbocycles. The number of benzene rings is 2. The quantitative estimate of drug-likeness (QED) is 0.559. The maximum atomic E-state index is 13.0. The number of nitrogens with zero attached hydrogens (tertiary/aromatic N) is 1. The second-order valence-corrected chi connectivity index (χ2v) is 5.21. The van der Waals surface area contributed by atoms with Gasteiger partial charge in [0.15, 0.2) is 11.4 Å². The fourth-order valence-electron chi connectivity index (χ4n) is 2.54. The molecule has 2 aromatic heterocycles. The van der Waals surface area contributed by atoms with Crippen LogP contribution in [0.2, 0.25) is 0 Å². The number of carbonyl (C=O) groups excluding carboxylic acids is 1. The molecule has 4 rings (SSSR count). The normalized spacial score (nSPS) is 11.2. The highest BCUT2D eigenvalue weighted by Gasteiger charge is 2.11. The molecule has 0 aliphatic carbocycles. The monoisotopic (exact) mass is 307 g/mol. The van der Waals surface area contributed by atoms with E-state index >= 15 is 0 Å². The summed E-state index contributed by atoms with van der Waals surface area (Å²) in [6.45, 7) is 0. The first-order chi connectivity index (χ1) is 11.1. The summed E-state index contributed by atoms with van der Waals surface area (Å²) in [4.78, 5) is 33.3. The molecular formula is C17H10FN3O2. The highest BCUT2D eigenvalue weighted by molar-refractivity contribution is 6.10. The molecule has 6 heteroatoms. The van der Waals surface area contributed by atoms with Crippen molar-refractivity contribution in [3.05, 3.63) is 76.0 Å². The fraction of sp³-hybridized carbons (Fsp3) is 0. The molecule has 23 heavy (non-hydrogen) atoms. The zero-order valence-corrected chi connectivity index (χ0v) is 11.8. The molecule has 0 radical (unpaired) electrons. The van der Waals surface area contributed by atoms with Gasteiger partial charge in [-0.25, -0.2) is 14.2 Å². The number of pyridine rings is 1. The molecule has 0 aliphatic rings. The van der Waals surface area contributed by atoms with Gasteiger partial charge in [0.05, 0.1) is 11.0 Å². The number of halogens is 1. The highest BCUT2D eigenvalue weighted by atomic mass is 19.1. The average molecular weight is 307 g/mol. The fourth-order valence-corrected chi connectivity index (χ4v) is 2.54. The van der Waals surface area contributed by atoms with Crippen molar-refractivity contribution in [3.63, 3.8) is 0 Å². The number of rotatable bonds is 2. The Morgan fingerprint density at radius 1 is 0.957 bits per heavy atom. The van der Waals surface area contributed by atoms with Gasteiger partial charge in [0, 0.05) is 16.5 Å². The van der Waals surface area contributed by atoms with Crippen molar-refractivity contribution in [1.82, 2.24) is 15.0 Å². The highest BCUT2D eigenvalue weighted by Crippen LogP contribution is 2.20. The van der Waals surface area contributed by atoms with E-state index < -0.39 is 0 Å². The van der Waals surface area contributed by atoms with E-state index in [2.05, 4.69) is 15.0 Å². The first-order valence-electron chi connectivity index (χ1n) is 6.93. The summed E-state index contributed by atoms with van der Waals surface area (Å²) in [6, 6.07) is 12.3. The van der Waals surface area contributed by atoms with E-state index in [1.165, 1.54) is 24.3 Å². The lowest BCUT2D eigenvalue weighted by Gasteiger charge is -2.03. The molecule has 0 fully saturated rings. The molecule has 0 amide bonds. The molecule has 0 aliphatic heterocycles. The van der Waals surface area contributed by atoms with E-state index in [-0.39, 0.29) is 17.3 Å². The maximum absolute atomic E-state index is 13.0. The van der Waals surface area contributed by atoms with E-state index in [1.54, 1.807) is 24.3 Å². The van der Waals surface area contributed by atoms with Crippen LogP contribution in [-0.4, -0.2) is 20.7 Å². The lowest BCUT2D eigenvalue weighted by Crippen LogP contribution is -2.01. The molecule has 0 saturated carbocycles. The van der Waals surface area contributed by atoms with Gasteiger partial charge >= 0.3 is 5.69 Å². The standard InChI is InChI=1S/C17H10FN3O2/c18-12-4-1-9(2-5-12)15(22)10-3-6-13-11(7-10)8-14-16(19-13)21-17(23)20-14/h1-8H,(H2,19,20,21,23). The van der Waals surface area contributed by atoms with E-state index in [0.29, 0.717) is 27.8 Å². The van der Waals surface area contributed by atoms with Crippen molar-refractivity contribution in [3.8, 4) is 0 Å². The van der Waals surface area contributed by atoms with Crippen molar-refractivity contribution >= 4 is 27.9 Å². The number of carbonyl (C=O) groups is 1. The van der Waals surface area contributed by atoms with Gasteiger partial charge in [-0.15, -0.1) is 0 Å². The van der Waals surface area contributed by atoms with Gasteiger partial charge in [-0.3, -0.25) is 9.78 Å². The average Bonchev–Trinajstić information content (AvgIpc) is 2.91. The van der Waals surface area contributed by atoms with E-state index in [9.17, 15) is 14.0 Å². The van der Waals surface area contributed by atoms with Gasteiger partial charge in [0.25, 0.3) is 0 Å². The number of ketones is 1. The molecule has 0 saturated heterocycles. The Morgan fingerprint density at radius 3 is 2.48 bits per heavy atom. The lowest BCUT2D eigenvalue weighted by atomic mass is 10.0. The van der Waals surface area contributed by atoms with Crippen molar-refractivity contribution in [2.45, 2.75) is 0 Å². The maximum Gasteiger partial charge on any atom is 0.325 e. The van der Waals surface area contributed by atoms with Crippen molar-refractivity contribution in [2.24, 2.45) is 0 Å². The molecule has 112 valence electrons. The zero-order chi connectivity index (χ0) is 16.0. The number of H-pyrrole nitrogens is 2. The van der Waals surface area contributed by atoms with Crippen LogP contribution >= 0.6 is 0 Å². The molecule has 5 nitrogen and oxygen atoms in total. The minimum atomic E-state index is -0.386. The van der Waals surface area contributed by atoms with Crippen LogP contribution < -0.4 is 5.69 Å². The van der Waals surface area contributed by atoms with Crippen LogP contribution in [0, 0.1) is 5.82 Å². The van der Waals surface area contributed by atoms with Crippen molar-refractivity contribution in [2.75, 3.05) is 0 Å². The second-order valence-electron chi connectivity index (χ2n) is 5.21. The Labute approximate surface area is 128 Å².